The summed E-state index contributed by atoms with van der Waals surface area (Å²) in [7, 11) is 1.54. The third kappa shape index (κ3) is 6.06. The predicted octanol–water partition coefficient (Wildman–Crippen LogP) is 5.43. The van der Waals surface area contributed by atoms with Crippen molar-refractivity contribution in [1.82, 2.24) is 4.90 Å². The number of ketones is 1. The quantitative estimate of drug-likeness (QED) is 0.208. The van der Waals surface area contributed by atoms with Crippen molar-refractivity contribution in [2.24, 2.45) is 0 Å². The predicted molar refractivity (Wildman–Crippen MR) is 145 cm³/mol. The van der Waals surface area contributed by atoms with E-state index in [0.29, 0.717) is 35.8 Å². The summed E-state index contributed by atoms with van der Waals surface area (Å²) in [6.07, 6.45) is 0.884. The number of Topliss-reactive ketones (excluding diaryl/α,β-unsaturated/α-hetero) is 1. The van der Waals surface area contributed by atoms with Crippen LogP contribution in [0.3, 0.4) is 0 Å². The van der Waals surface area contributed by atoms with Crippen LogP contribution in [-0.2, 0) is 20.9 Å². The van der Waals surface area contributed by atoms with Gasteiger partial charge in [0.2, 0.25) is 0 Å². The Kier molecular flexibility index (Phi) is 8.81. The molecular weight excluding hydrogens is 482 g/mol. The third-order valence-corrected chi connectivity index (χ3v) is 6.36. The number of methoxy groups -OCH3 is 1. The number of aliphatic hydroxyl groups is 1. The largest absolute Gasteiger partial charge is 0.507 e. The van der Waals surface area contributed by atoms with Gasteiger partial charge in [-0.3, -0.25) is 9.59 Å². The molecule has 0 aromatic heterocycles. The molecule has 198 valence electrons. The minimum Gasteiger partial charge on any atom is -0.507 e. The molecule has 38 heavy (non-hydrogen) atoms. The second kappa shape index (κ2) is 12.4. The van der Waals surface area contributed by atoms with Crippen LogP contribution in [0.15, 0.2) is 78.4 Å². The Morgan fingerprint density at radius 1 is 0.921 bits per heavy atom. The lowest BCUT2D eigenvalue weighted by molar-refractivity contribution is -0.140. The maximum atomic E-state index is 13.1. The molecule has 1 atom stereocenters. The van der Waals surface area contributed by atoms with Gasteiger partial charge < -0.3 is 24.2 Å². The smallest absolute Gasteiger partial charge is 0.295 e. The van der Waals surface area contributed by atoms with E-state index in [1.165, 1.54) is 12.0 Å². The Morgan fingerprint density at radius 2 is 1.61 bits per heavy atom. The van der Waals surface area contributed by atoms with Gasteiger partial charge in [-0.1, -0.05) is 48.9 Å². The summed E-state index contributed by atoms with van der Waals surface area (Å²) >= 11 is 0. The van der Waals surface area contributed by atoms with E-state index < -0.39 is 17.7 Å². The normalized spacial score (nSPS) is 16.6. The SMILES string of the molecule is CCCOc1ccc([C@@H]2C(=C(O)c3ccc(OCc4cccc(C)c4)cc3)C(=O)C(=O)N2CCOC)cc1. The number of amides is 1. The first-order valence-corrected chi connectivity index (χ1v) is 12.7. The van der Waals surface area contributed by atoms with Crippen LogP contribution < -0.4 is 9.47 Å². The number of hydrogen-bond acceptors (Lipinski definition) is 6. The monoisotopic (exact) mass is 515 g/mol. The maximum Gasteiger partial charge on any atom is 0.295 e. The van der Waals surface area contributed by atoms with Crippen LogP contribution in [0.25, 0.3) is 5.76 Å². The number of carbonyl (C=O) groups is 2. The average Bonchev–Trinajstić information content (AvgIpc) is 3.19. The van der Waals surface area contributed by atoms with Crippen LogP contribution in [0, 0.1) is 6.92 Å². The molecule has 1 aliphatic rings. The summed E-state index contributed by atoms with van der Waals surface area (Å²) in [4.78, 5) is 27.6. The lowest BCUT2D eigenvalue weighted by atomic mass is 9.95. The molecule has 0 bridgehead atoms. The second-order valence-corrected chi connectivity index (χ2v) is 9.20. The Balaban J connectivity index is 1.62. The number of ether oxygens (including phenoxy) is 3. The van der Waals surface area contributed by atoms with E-state index in [1.807, 2.05) is 56.3 Å². The Labute approximate surface area is 223 Å². The fourth-order valence-electron chi connectivity index (χ4n) is 4.45. The molecule has 1 N–H and O–H groups in total. The molecule has 0 radical (unpaired) electrons. The van der Waals surface area contributed by atoms with E-state index >= 15 is 0 Å². The van der Waals surface area contributed by atoms with Gasteiger partial charge in [0.1, 0.15) is 23.9 Å². The Bertz CT molecular complexity index is 1300. The summed E-state index contributed by atoms with van der Waals surface area (Å²) in [5.74, 6) is -0.300. The Hall–Kier alpha value is -4.10. The molecule has 7 heteroatoms. The zero-order valence-corrected chi connectivity index (χ0v) is 22.0. The number of aryl methyl sites for hydroxylation is 1. The topological polar surface area (TPSA) is 85.3 Å². The van der Waals surface area contributed by atoms with Crippen LogP contribution >= 0.6 is 0 Å². The lowest BCUT2D eigenvalue weighted by Gasteiger charge is -2.25. The number of benzene rings is 3. The maximum absolute atomic E-state index is 13.1. The summed E-state index contributed by atoms with van der Waals surface area (Å²) in [6.45, 7) is 5.53. The molecular formula is C31H33NO6. The van der Waals surface area contributed by atoms with Crippen molar-refractivity contribution in [2.45, 2.75) is 32.9 Å². The molecule has 1 saturated heterocycles. The van der Waals surface area contributed by atoms with E-state index in [0.717, 1.165) is 17.5 Å². The molecule has 1 fully saturated rings. The van der Waals surface area contributed by atoms with Gasteiger partial charge >= 0.3 is 0 Å². The number of nitrogens with zero attached hydrogens (tertiary/aromatic N) is 1. The lowest BCUT2D eigenvalue weighted by Crippen LogP contribution is -2.32. The van der Waals surface area contributed by atoms with Gasteiger partial charge in [-0.05, 0) is 60.9 Å². The molecule has 1 amide bonds. The third-order valence-electron chi connectivity index (χ3n) is 6.36. The molecule has 0 saturated carbocycles. The molecule has 3 aromatic carbocycles. The standard InChI is InChI=1S/C31H33NO6/c1-4-17-37-25-12-8-23(9-13-25)28-27(30(34)31(35)32(28)16-18-36-3)29(33)24-10-14-26(15-11-24)38-20-22-7-5-6-21(2)19-22/h5-15,19,28,33H,4,16-18,20H2,1-3H3/t28-/m1/s1. The summed E-state index contributed by atoms with van der Waals surface area (Å²) in [6, 6.07) is 21.4. The Morgan fingerprint density at radius 3 is 2.26 bits per heavy atom. The number of rotatable bonds is 11. The van der Waals surface area contributed by atoms with Crippen molar-refractivity contribution in [3.05, 3.63) is 101 Å². The molecule has 3 aromatic rings. The van der Waals surface area contributed by atoms with Crippen molar-refractivity contribution in [3.8, 4) is 11.5 Å². The van der Waals surface area contributed by atoms with Crippen LogP contribution in [-0.4, -0.2) is 48.6 Å². The van der Waals surface area contributed by atoms with Crippen LogP contribution in [0.5, 0.6) is 11.5 Å². The van der Waals surface area contributed by atoms with Gasteiger partial charge in [0.05, 0.1) is 24.8 Å². The number of likely N-dealkylation sites (tertiary alicyclic amines) is 1. The van der Waals surface area contributed by atoms with Gasteiger partial charge in [-0.15, -0.1) is 0 Å². The molecule has 0 aliphatic carbocycles. The van der Waals surface area contributed by atoms with Crippen molar-refractivity contribution < 1.29 is 28.9 Å². The van der Waals surface area contributed by atoms with Gasteiger partial charge in [0.25, 0.3) is 11.7 Å². The van der Waals surface area contributed by atoms with Gasteiger partial charge in [-0.2, -0.15) is 0 Å². The van der Waals surface area contributed by atoms with Crippen LogP contribution in [0.1, 0.15) is 41.6 Å². The first kappa shape index (κ1) is 26.9. The second-order valence-electron chi connectivity index (χ2n) is 9.20. The summed E-state index contributed by atoms with van der Waals surface area (Å²) in [5.41, 5.74) is 3.38. The first-order valence-electron chi connectivity index (χ1n) is 12.7. The van der Waals surface area contributed by atoms with Crippen LogP contribution in [0.2, 0.25) is 0 Å². The van der Waals surface area contributed by atoms with E-state index in [2.05, 4.69) is 6.07 Å². The number of aliphatic hydroxyl groups excluding tert-OH is 1. The van der Waals surface area contributed by atoms with Crippen molar-refractivity contribution in [1.29, 1.82) is 0 Å². The van der Waals surface area contributed by atoms with E-state index in [9.17, 15) is 14.7 Å². The minimum absolute atomic E-state index is 0.0433. The van der Waals surface area contributed by atoms with E-state index in [1.54, 1.807) is 24.3 Å². The number of hydrogen-bond donors (Lipinski definition) is 1. The molecule has 7 nitrogen and oxygen atoms in total. The highest BCUT2D eigenvalue weighted by atomic mass is 16.5. The van der Waals surface area contributed by atoms with E-state index in [4.69, 9.17) is 14.2 Å². The highest BCUT2D eigenvalue weighted by Crippen LogP contribution is 2.39. The minimum atomic E-state index is -0.748. The van der Waals surface area contributed by atoms with Crippen molar-refractivity contribution in [2.75, 3.05) is 26.9 Å². The fourth-order valence-corrected chi connectivity index (χ4v) is 4.45. The summed E-state index contributed by atoms with van der Waals surface area (Å²) in [5, 5.41) is 11.3. The molecule has 1 heterocycles. The molecule has 1 aliphatic heterocycles. The van der Waals surface area contributed by atoms with E-state index in [-0.39, 0.29) is 24.5 Å². The average molecular weight is 516 g/mol. The molecule has 0 spiro atoms. The van der Waals surface area contributed by atoms with Crippen LogP contribution in [0.4, 0.5) is 0 Å². The van der Waals surface area contributed by atoms with Gasteiger partial charge in [0.15, 0.2) is 0 Å². The highest BCUT2D eigenvalue weighted by molar-refractivity contribution is 6.46. The van der Waals surface area contributed by atoms with Crippen molar-refractivity contribution >= 4 is 17.4 Å². The summed E-state index contributed by atoms with van der Waals surface area (Å²) < 4.78 is 16.7. The highest BCUT2D eigenvalue weighted by Gasteiger charge is 2.45. The fraction of sp³-hybridized carbons (Fsp3) is 0.290. The van der Waals surface area contributed by atoms with Gasteiger partial charge in [-0.25, -0.2) is 0 Å². The van der Waals surface area contributed by atoms with Gasteiger partial charge in [0, 0.05) is 19.2 Å². The van der Waals surface area contributed by atoms with Crippen molar-refractivity contribution in [3.63, 3.8) is 0 Å². The zero-order chi connectivity index (χ0) is 27.1. The zero-order valence-electron chi connectivity index (χ0n) is 22.0. The molecule has 0 unspecified atom stereocenters. The number of carbonyl (C=O) groups excluding carboxylic acids is 2. The molecule has 4 rings (SSSR count). The first-order chi connectivity index (χ1) is 18.4.